The molecule has 0 saturated carbocycles. The van der Waals surface area contributed by atoms with Crippen molar-refractivity contribution in [1.29, 1.82) is 0 Å². The molecule has 2 aliphatic heterocycles. The molecular formula is C18H28N2O. The van der Waals surface area contributed by atoms with Crippen LogP contribution in [0.4, 0.5) is 0 Å². The third kappa shape index (κ3) is 3.78. The van der Waals surface area contributed by atoms with E-state index in [1.165, 1.54) is 50.9 Å². The number of para-hydroxylation sites is 1. The van der Waals surface area contributed by atoms with Gasteiger partial charge >= 0.3 is 0 Å². The van der Waals surface area contributed by atoms with Gasteiger partial charge in [-0.05, 0) is 38.4 Å². The Balaban J connectivity index is 1.61. The van der Waals surface area contributed by atoms with Crippen LogP contribution in [0.25, 0.3) is 0 Å². The lowest BCUT2D eigenvalue weighted by Crippen LogP contribution is -2.40. The summed E-state index contributed by atoms with van der Waals surface area (Å²) in [6, 6.07) is 9.23. The van der Waals surface area contributed by atoms with Crippen LogP contribution >= 0.6 is 0 Å². The fraction of sp³-hybridized carbons (Fsp3) is 0.667. The molecule has 2 unspecified atom stereocenters. The summed E-state index contributed by atoms with van der Waals surface area (Å²) in [6.07, 6.45) is 5.23. The summed E-state index contributed by atoms with van der Waals surface area (Å²) >= 11 is 0. The molecule has 0 aliphatic carbocycles. The highest BCUT2D eigenvalue weighted by molar-refractivity contribution is 5.39. The Labute approximate surface area is 128 Å². The lowest BCUT2D eigenvalue weighted by Gasteiger charge is -2.27. The van der Waals surface area contributed by atoms with Crippen molar-refractivity contribution in [3.8, 4) is 5.75 Å². The molecule has 3 nitrogen and oxygen atoms in total. The van der Waals surface area contributed by atoms with E-state index < -0.39 is 0 Å². The van der Waals surface area contributed by atoms with Crippen LogP contribution in [0, 0.1) is 0 Å². The topological polar surface area (TPSA) is 24.5 Å². The summed E-state index contributed by atoms with van der Waals surface area (Å²) in [4.78, 5) is 2.66. The summed E-state index contributed by atoms with van der Waals surface area (Å²) in [5.74, 6) is 1.64. The Morgan fingerprint density at radius 3 is 3.00 bits per heavy atom. The quantitative estimate of drug-likeness (QED) is 0.834. The standard InChI is InChI=1S/C18H28N2O/c1-2-3-11-20(13-16-7-6-10-19-16)12-15-14-21-18-9-5-4-8-17(15)18/h4-5,8-9,15-16,19H,2-3,6-7,10-14H2,1H3. The van der Waals surface area contributed by atoms with E-state index in [0.717, 1.165) is 18.9 Å². The van der Waals surface area contributed by atoms with E-state index in [0.29, 0.717) is 12.0 Å². The zero-order chi connectivity index (χ0) is 14.5. The molecule has 1 N–H and O–H groups in total. The minimum Gasteiger partial charge on any atom is -0.493 e. The molecule has 1 aromatic rings. The number of rotatable bonds is 7. The summed E-state index contributed by atoms with van der Waals surface area (Å²) < 4.78 is 5.84. The second-order valence-electron chi connectivity index (χ2n) is 6.45. The van der Waals surface area contributed by atoms with Gasteiger partial charge in [0, 0.05) is 30.6 Å². The molecular weight excluding hydrogens is 260 g/mol. The Hall–Kier alpha value is -1.06. The number of nitrogens with one attached hydrogen (secondary N) is 1. The van der Waals surface area contributed by atoms with Gasteiger partial charge in [0.05, 0.1) is 6.61 Å². The van der Waals surface area contributed by atoms with Crippen molar-refractivity contribution in [3.05, 3.63) is 29.8 Å². The summed E-state index contributed by atoms with van der Waals surface area (Å²) in [7, 11) is 0. The van der Waals surface area contributed by atoms with Gasteiger partial charge < -0.3 is 15.0 Å². The van der Waals surface area contributed by atoms with Crippen LogP contribution in [-0.2, 0) is 0 Å². The maximum atomic E-state index is 5.84. The van der Waals surface area contributed by atoms with Crippen molar-refractivity contribution in [3.63, 3.8) is 0 Å². The van der Waals surface area contributed by atoms with Crippen LogP contribution in [0.1, 0.15) is 44.1 Å². The van der Waals surface area contributed by atoms with Gasteiger partial charge in [-0.1, -0.05) is 31.5 Å². The number of unbranched alkanes of at least 4 members (excludes halogenated alkanes) is 1. The molecule has 1 aromatic carbocycles. The third-order valence-electron chi connectivity index (χ3n) is 4.75. The van der Waals surface area contributed by atoms with Gasteiger partial charge in [0.1, 0.15) is 5.75 Å². The monoisotopic (exact) mass is 288 g/mol. The Bertz CT molecular complexity index is 443. The number of nitrogens with zero attached hydrogens (tertiary/aromatic N) is 1. The van der Waals surface area contributed by atoms with E-state index in [1.807, 2.05) is 0 Å². The first-order valence-electron chi connectivity index (χ1n) is 8.54. The molecule has 0 aromatic heterocycles. The van der Waals surface area contributed by atoms with Gasteiger partial charge in [0.2, 0.25) is 0 Å². The molecule has 0 bridgehead atoms. The van der Waals surface area contributed by atoms with Crippen molar-refractivity contribution >= 4 is 0 Å². The van der Waals surface area contributed by atoms with Crippen molar-refractivity contribution in [2.75, 3.05) is 32.8 Å². The Morgan fingerprint density at radius 2 is 2.19 bits per heavy atom. The molecule has 3 heteroatoms. The molecule has 1 fully saturated rings. The molecule has 2 heterocycles. The van der Waals surface area contributed by atoms with Gasteiger partial charge in [0.25, 0.3) is 0 Å². The predicted octanol–water partition coefficient (Wildman–Crippen LogP) is 3.02. The highest BCUT2D eigenvalue weighted by Gasteiger charge is 2.27. The fourth-order valence-corrected chi connectivity index (χ4v) is 3.56. The average molecular weight is 288 g/mol. The van der Waals surface area contributed by atoms with Gasteiger partial charge in [-0.15, -0.1) is 0 Å². The molecule has 1 saturated heterocycles. The van der Waals surface area contributed by atoms with Gasteiger partial charge in [-0.3, -0.25) is 0 Å². The van der Waals surface area contributed by atoms with E-state index in [1.54, 1.807) is 0 Å². The first-order valence-corrected chi connectivity index (χ1v) is 8.54. The Morgan fingerprint density at radius 1 is 1.29 bits per heavy atom. The highest BCUT2D eigenvalue weighted by Crippen LogP contribution is 2.34. The van der Waals surface area contributed by atoms with Crippen LogP contribution in [0.5, 0.6) is 5.75 Å². The number of fused-ring (bicyclic) bond motifs is 1. The minimum absolute atomic E-state index is 0.541. The van der Waals surface area contributed by atoms with Crippen molar-refractivity contribution in [1.82, 2.24) is 10.2 Å². The normalized spacial score (nSPS) is 24.3. The van der Waals surface area contributed by atoms with Crippen LogP contribution < -0.4 is 10.1 Å². The summed E-state index contributed by atoms with van der Waals surface area (Å²) in [6.45, 7) is 7.86. The van der Waals surface area contributed by atoms with E-state index in [2.05, 4.69) is 41.4 Å². The number of hydrogen-bond acceptors (Lipinski definition) is 3. The van der Waals surface area contributed by atoms with Crippen molar-refractivity contribution in [2.45, 2.75) is 44.6 Å². The minimum atomic E-state index is 0.541. The molecule has 0 spiro atoms. The molecule has 0 amide bonds. The molecule has 3 rings (SSSR count). The van der Waals surface area contributed by atoms with E-state index >= 15 is 0 Å². The molecule has 2 aliphatic rings. The van der Waals surface area contributed by atoms with E-state index in [4.69, 9.17) is 4.74 Å². The second kappa shape index (κ2) is 7.28. The zero-order valence-electron chi connectivity index (χ0n) is 13.2. The van der Waals surface area contributed by atoms with Crippen molar-refractivity contribution < 1.29 is 4.74 Å². The van der Waals surface area contributed by atoms with E-state index in [9.17, 15) is 0 Å². The van der Waals surface area contributed by atoms with Crippen LogP contribution in [-0.4, -0.2) is 43.7 Å². The summed E-state index contributed by atoms with van der Waals surface area (Å²) in [5, 5.41) is 3.63. The zero-order valence-corrected chi connectivity index (χ0v) is 13.2. The first kappa shape index (κ1) is 14.9. The third-order valence-corrected chi connectivity index (χ3v) is 4.75. The second-order valence-corrected chi connectivity index (χ2v) is 6.45. The van der Waals surface area contributed by atoms with Crippen LogP contribution in [0.3, 0.4) is 0 Å². The molecule has 2 atom stereocenters. The number of ether oxygens (including phenoxy) is 1. The number of hydrogen-bond donors (Lipinski definition) is 1. The van der Waals surface area contributed by atoms with Gasteiger partial charge in [-0.25, -0.2) is 0 Å². The SMILES string of the molecule is CCCCN(CC1CCCN1)CC1COc2ccccc21. The lowest BCUT2D eigenvalue weighted by atomic mass is 10.0. The Kier molecular flexibility index (Phi) is 5.15. The van der Waals surface area contributed by atoms with Gasteiger partial charge in [-0.2, -0.15) is 0 Å². The van der Waals surface area contributed by atoms with E-state index in [-0.39, 0.29) is 0 Å². The largest absolute Gasteiger partial charge is 0.493 e. The highest BCUT2D eigenvalue weighted by atomic mass is 16.5. The van der Waals surface area contributed by atoms with Crippen LogP contribution in [0.2, 0.25) is 0 Å². The predicted molar refractivity (Wildman–Crippen MR) is 87.1 cm³/mol. The maximum Gasteiger partial charge on any atom is 0.122 e. The van der Waals surface area contributed by atoms with Crippen LogP contribution in [0.15, 0.2) is 24.3 Å². The number of benzene rings is 1. The first-order chi connectivity index (χ1) is 10.4. The van der Waals surface area contributed by atoms with Crippen molar-refractivity contribution in [2.24, 2.45) is 0 Å². The fourth-order valence-electron chi connectivity index (χ4n) is 3.56. The lowest BCUT2D eigenvalue weighted by molar-refractivity contribution is 0.214. The maximum absolute atomic E-state index is 5.84. The summed E-state index contributed by atoms with van der Waals surface area (Å²) in [5.41, 5.74) is 1.40. The molecule has 116 valence electrons. The molecule has 21 heavy (non-hydrogen) atoms. The van der Waals surface area contributed by atoms with Gasteiger partial charge in [0.15, 0.2) is 0 Å². The smallest absolute Gasteiger partial charge is 0.122 e. The molecule has 0 radical (unpaired) electrons. The average Bonchev–Trinajstić information content (AvgIpc) is 3.15.